The summed E-state index contributed by atoms with van der Waals surface area (Å²) < 4.78 is 7.26. The molecule has 0 fully saturated rings. The number of nitrogens with zero attached hydrogens (tertiary/aromatic N) is 3. The van der Waals surface area contributed by atoms with Crippen LogP contribution in [-0.4, -0.2) is 13.7 Å². The van der Waals surface area contributed by atoms with E-state index < -0.39 is 0 Å². The van der Waals surface area contributed by atoms with Crippen LogP contribution in [0.3, 0.4) is 0 Å². The molecule has 0 radical (unpaired) electrons. The Hall–Kier alpha value is -4.50. The number of fused-ring (bicyclic) bond motifs is 9. The Kier molecular flexibility index (Phi) is 4.19. The lowest BCUT2D eigenvalue weighted by Crippen LogP contribution is -2.00. The van der Waals surface area contributed by atoms with E-state index in [4.69, 9.17) is 0 Å². The van der Waals surface area contributed by atoms with Crippen LogP contribution in [0.25, 0.3) is 65.4 Å². The van der Waals surface area contributed by atoms with Gasteiger partial charge in [-0.05, 0) is 55.0 Å². The van der Waals surface area contributed by atoms with Gasteiger partial charge in [-0.2, -0.15) is 0 Å². The van der Waals surface area contributed by atoms with Crippen molar-refractivity contribution in [2.45, 2.75) is 20.0 Å². The van der Waals surface area contributed by atoms with E-state index in [-0.39, 0.29) is 0 Å². The van der Waals surface area contributed by atoms with Crippen LogP contribution in [0.5, 0.6) is 0 Å². The maximum Gasteiger partial charge on any atom is 0.0515 e. The number of hydrogen-bond acceptors (Lipinski definition) is 0. The van der Waals surface area contributed by atoms with Crippen LogP contribution >= 0.6 is 0 Å². The minimum atomic E-state index is 0.834. The Morgan fingerprint density at radius 3 is 1.65 bits per heavy atom. The van der Waals surface area contributed by atoms with Crippen molar-refractivity contribution >= 4 is 65.4 Å². The molecule has 5 aromatic carbocycles. The van der Waals surface area contributed by atoms with Gasteiger partial charge in [0.2, 0.25) is 0 Å². The normalized spacial score (nSPS) is 12.3. The van der Waals surface area contributed by atoms with Gasteiger partial charge in [-0.25, -0.2) is 0 Å². The van der Waals surface area contributed by atoms with E-state index in [0.29, 0.717) is 0 Å². The third-order valence-electron chi connectivity index (χ3n) is 8.30. The molecule has 0 aliphatic carbocycles. The summed E-state index contributed by atoms with van der Waals surface area (Å²) in [6, 6.07) is 38.2. The van der Waals surface area contributed by atoms with Gasteiger partial charge in [0.25, 0.3) is 0 Å². The molecule has 0 amide bonds. The number of rotatable bonds is 3. The van der Waals surface area contributed by atoms with E-state index >= 15 is 0 Å². The SMILES string of the molecule is CCn1c2ccccc2c2cc3c4ccccc4n(Cc4ccc5c(c4)c4ccccc4n5C)c3cc21. The Bertz CT molecular complexity index is 2170. The molecule has 0 saturated carbocycles. The van der Waals surface area contributed by atoms with Gasteiger partial charge in [-0.15, -0.1) is 0 Å². The third kappa shape index (κ3) is 2.77. The number of aryl methyl sites for hydroxylation is 2. The standard InChI is InChI=1S/C34H27N3/c1-3-36-31-14-8-5-11-24(31)27-19-28-25-12-6-9-15-32(25)37(34(28)20-33(27)36)21-22-16-17-30-26(18-22)23-10-4-7-13-29(23)35(30)2/h4-20H,3,21H2,1-2H3. The molecule has 3 heterocycles. The van der Waals surface area contributed by atoms with Crippen LogP contribution in [0.4, 0.5) is 0 Å². The smallest absolute Gasteiger partial charge is 0.0515 e. The van der Waals surface area contributed by atoms with Crippen LogP contribution in [0.15, 0.2) is 103 Å². The van der Waals surface area contributed by atoms with E-state index in [0.717, 1.165) is 13.1 Å². The Morgan fingerprint density at radius 2 is 0.973 bits per heavy atom. The van der Waals surface area contributed by atoms with Crippen LogP contribution in [0, 0.1) is 0 Å². The van der Waals surface area contributed by atoms with Gasteiger partial charge in [0, 0.05) is 74.5 Å². The van der Waals surface area contributed by atoms with Gasteiger partial charge in [0.1, 0.15) is 0 Å². The highest BCUT2D eigenvalue weighted by Gasteiger charge is 2.17. The van der Waals surface area contributed by atoms with E-state index in [1.807, 2.05) is 0 Å². The summed E-state index contributed by atoms with van der Waals surface area (Å²) in [4.78, 5) is 0. The molecule has 3 aromatic heterocycles. The lowest BCUT2D eigenvalue weighted by molar-refractivity contribution is 0.826. The van der Waals surface area contributed by atoms with E-state index in [1.54, 1.807) is 0 Å². The second kappa shape index (κ2) is 7.50. The predicted molar refractivity (Wildman–Crippen MR) is 158 cm³/mol. The zero-order valence-corrected chi connectivity index (χ0v) is 21.1. The maximum absolute atomic E-state index is 2.51. The zero-order valence-electron chi connectivity index (χ0n) is 21.1. The quantitative estimate of drug-likeness (QED) is 0.242. The molecule has 0 saturated heterocycles. The summed E-state index contributed by atoms with van der Waals surface area (Å²) in [5.74, 6) is 0. The highest BCUT2D eigenvalue weighted by Crippen LogP contribution is 2.37. The van der Waals surface area contributed by atoms with Crippen LogP contribution in [0.1, 0.15) is 12.5 Å². The summed E-state index contributed by atoms with van der Waals surface area (Å²) in [7, 11) is 2.16. The van der Waals surface area contributed by atoms with Gasteiger partial charge in [-0.1, -0.05) is 60.7 Å². The second-order valence-corrected chi connectivity index (χ2v) is 10.2. The molecule has 3 nitrogen and oxygen atoms in total. The first-order chi connectivity index (χ1) is 18.2. The lowest BCUT2D eigenvalue weighted by Gasteiger charge is -2.10. The van der Waals surface area contributed by atoms with Crippen LogP contribution < -0.4 is 0 Å². The average molecular weight is 478 g/mol. The molecule has 0 atom stereocenters. The van der Waals surface area contributed by atoms with Gasteiger partial charge in [-0.3, -0.25) is 0 Å². The highest BCUT2D eigenvalue weighted by molar-refractivity contribution is 6.18. The van der Waals surface area contributed by atoms with Gasteiger partial charge < -0.3 is 13.7 Å². The summed E-state index contributed by atoms with van der Waals surface area (Å²) in [6.07, 6.45) is 0. The fourth-order valence-corrected chi connectivity index (χ4v) is 6.60. The molecule has 0 unspecified atom stereocenters. The molecule has 0 bridgehead atoms. The van der Waals surface area contributed by atoms with Crippen molar-refractivity contribution in [3.05, 3.63) is 109 Å². The molecule has 0 N–H and O–H groups in total. The average Bonchev–Trinajstić information content (AvgIpc) is 3.53. The summed E-state index contributed by atoms with van der Waals surface area (Å²) in [6.45, 7) is 4.03. The first-order valence-electron chi connectivity index (χ1n) is 13.1. The van der Waals surface area contributed by atoms with Gasteiger partial charge in [0.05, 0.1) is 11.0 Å². The van der Waals surface area contributed by atoms with Crippen molar-refractivity contribution < 1.29 is 0 Å². The molecule has 0 aliphatic heterocycles. The van der Waals surface area contributed by atoms with Crippen molar-refractivity contribution in [2.24, 2.45) is 7.05 Å². The highest BCUT2D eigenvalue weighted by atomic mass is 15.0. The lowest BCUT2D eigenvalue weighted by atomic mass is 10.1. The zero-order chi connectivity index (χ0) is 24.7. The largest absolute Gasteiger partial charge is 0.344 e. The summed E-state index contributed by atoms with van der Waals surface area (Å²) >= 11 is 0. The first-order valence-corrected chi connectivity index (χ1v) is 13.1. The molecule has 0 aliphatic rings. The third-order valence-corrected chi connectivity index (χ3v) is 8.30. The van der Waals surface area contributed by atoms with E-state index in [9.17, 15) is 0 Å². The minimum Gasteiger partial charge on any atom is -0.344 e. The molecular weight excluding hydrogens is 450 g/mol. The first kappa shape index (κ1) is 20.7. The van der Waals surface area contributed by atoms with Crippen molar-refractivity contribution in [1.29, 1.82) is 0 Å². The maximum atomic E-state index is 2.51. The molecule has 178 valence electrons. The monoisotopic (exact) mass is 477 g/mol. The number of para-hydroxylation sites is 3. The molecule has 37 heavy (non-hydrogen) atoms. The Balaban J connectivity index is 1.40. The predicted octanol–water partition coefficient (Wildman–Crippen LogP) is 8.62. The van der Waals surface area contributed by atoms with Crippen molar-refractivity contribution in [3.8, 4) is 0 Å². The molecule has 3 heteroatoms. The fourth-order valence-electron chi connectivity index (χ4n) is 6.60. The van der Waals surface area contributed by atoms with E-state index in [1.165, 1.54) is 71.0 Å². The molecule has 0 spiro atoms. The van der Waals surface area contributed by atoms with Crippen LogP contribution in [0.2, 0.25) is 0 Å². The topological polar surface area (TPSA) is 14.8 Å². The Morgan fingerprint density at radius 1 is 0.459 bits per heavy atom. The van der Waals surface area contributed by atoms with Crippen molar-refractivity contribution in [3.63, 3.8) is 0 Å². The molecular formula is C34H27N3. The minimum absolute atomic E-state index is 0.834. The van der Waals surface area contributed by atoms with Gasteiger partial charge in [0.15, 0.2) is 0 Å². The second-order valence-electron chi connectivity index (χ2n) is 10.2. The number of aromatic nitrogens is 3. The van der Waals surface area contributed by atoms with Gasteiger partial charge >= 0.3 is 0 Å². The fraction of sp³-hybridized carbons (Fsp3) is 0.118. The van der Waals surface area contributed by atoms with Crippen molar-refractivity contribution in [2.75, 3.05) is 0 Å². The molecule has 8 rings (SSSR count). The summed E-state index contributed by atoms with van der Waals surface area (Å²) in [5.41, 5.74) is 9.08. The van der Waals surface area contributed by atoms with E-state index in [2.05, 4.69) is 131 Å². The number of hydrogen-bond donors (Lipinski definition) is 0. The number of benzene rings is 5. The van der Waals surface area contributed by atoms with Crippen LogP contribution in [-0.2, 0) is 20.1 Å². The van der Waals surface area contributed by atoms with Crippen molar-refractivity contribution in [1.82, 2.24) is 13.7 Å². The summed E-state index contributed by atoms with van der Waals surface area (Å²) in [5, 5.41) is 7.96. The molecule has 8 aromatic rings. The Labute approximate surface area is 214 Å².